The third kappa shape index (κ3) is 4.06. The van der Waals surface area contributed by atoms with Crippen molar-refractivity contribution in [2.24, 2.45) is 0 Å². The largest absolute Gasteiger partial charge is 0.490 e. The molecular formula is C15H21FN2O3. The van der Waals surface area contributed by atoms with Gasteiger partial charge in [-0.05, 0) is 12.8 Å². The molecule has 1 aliphatic rings. The van der Waals surface area contributed by atoms with Gasteiger partial charge in [0, 0.05) is 12.1 Å². The maximum absolute atomic E-state index is 14.0. The van der Waals surface area contributed by atoms with E-state index in [4.69, 9.17) is 4.74 Å². The number of anilines is 1. The van der Waals surface area contributed by atoms with Crippen LogP contribution >= 0.6 is 0 Å². The Hall–Kier alpha value is -1.85. The number of nitro benzene ring substituents is 1. The van der Waals surface area contributed by atoms with Gasteiger partial charge in [0.1, 0.15) is 0 Å². The summed E-state index contributed by atoms with van der Waals surface area (Å²) in [6.45, 7) is 0. The molecule has 116 valence electrons. The quantitative estimate of drug-likeness (QED) is 0.665. The second kappa shape index (κ2) is 7.24. The SMILES string of the molecule is COc1cc(NC2CCCCCCC2)c(F)cc1[N+](=O)[O-]. The first kappa shape index (κ1) is 15.5. The molecule has 0 spiro atoms. The van der Waals surface area contributed by atoms with Crippen molar-refractivity contribution in [2.75, 3.05) is 12.4 Å². The fourth-order valence-electron chi connectivity index (χ4n) is 2.78. The van der Waals surface area contributed by atoms with E-state index in [0.29, 0.717) is 0 Å². The average Bonchev–Trinajstić information content (AvgIpc) is 2.42. The van der Waals surface area contributed by atoms with Crippen LogP contribution in [0.15, 0.2) is 12.1 Å². The van der Waals surface area contributed by atoms with Crippen LogP contribution in [0.4, 0.5) is 15.8 Å². The summed E-state index contributed by atoms with van der Waals surface area (Å²) in [6.07, 6.45) is 7.95. The molecule has 0 aromatic heterocycles. The molecule has 0 unspecified atom stereocenters. The van der Waals surface area contributed by atoms with Gasteiger partial charge in [-0.15, -0.1) is 0 Å². The predicted octanol–water partition coefficient (Wildman–Crippen LogP) is 4.27. The lowest BCUT2D eigenvalue weighted by Gasteiger charge is -2.22. The number of hydrogen-bond acceptors (Lipinski definition) is 4. The summed E-state index contributed by atoms with van der Waals surface area (Å²) in [5.74, 6) is -0.528. The standard InChI is InChI=1S/C15H21FN2O3/c1-21-15-10-13(12(16)9-14(15)18(19)20)17-11-7-5-3-2-4-6-8-11/h9-11,17H,2-8H2,1H3. The van der Waals surface area contributed by atoms with Gasteiger partial charge in [-0.25, -0.2) is 4.39 Å². The first-order valence-electron chi connectivity index (χ1n) is 7.40. The summed E-state index contributed by atoms with van der Waals surface area (Å²) in [4.78, 5) is 10.2. The lowest BCUT2D eigenvalue weighted by Crippen LogP contribution is -2.21. The zero-order valence-corrected chi connectivity index (χ0v) is 12.2. The molecule has 1 aromatic rings. The minimum absolute atomic E-state index is 0.0785. The van der Waals surface area contributed by atoms with Gasteiger partial charge in [0.15, 0.2) is 11.6 Å². The van der Waals surface area contributed by atoms with Crippen LogP contribution in [0.3, 0.4) is 0 Å². The van der Waals surface area contributed by atoms with Gasteiger partial charge in [0.2, 0.25) is 0 Å². The van der Waals surface area contributed by atoms with Crippen molar-refractivity contribution < 1.29 is 14.1 Å². The van der Waals surface area contributed by atoms with Crippen LogP contribution in [-0.4, -0.2) is 18.1 Å². The third-order valence-corrected chi connectivity index (χ3v) is 3.93. The molecule has 2 rings (SSSR count). The molecule has 0 bridgehead atoms. The number of nitrogens with zero attached hydrogens (tertiary/aromatic N) is 1. The van der Waals surface area contributed by atoms with Crippen molar-refractivity contribution >= 4 is 11.4 Å². The van der Waals surface area contributed by atoms with Crippen LogP contribution in [0, 0.1) is 15.9 Å². The highest BCUT2D eigenvalue weighted by Gasteiger charge is 2.21. The molecule has 0 amide bonds. The topological polar surface area (TPSA) is 64.4 Å². The Kier molecular flexibility index (Phi) is 5.36. The number of ether oxygens (including phenoxy) is 1. The maximum Gasteiger partial charge on any atom is 0.313 e. The van der Waals surface area contributed by atoms with Gasteiger partial charge >= 0.3 is 5.69 Å². The second-order valence-corrected chi connectivity index (χ2v) is 5.45. The number of nitro groups is 1. The fraction of sp³-hybridized carbons (Fsp3) is 0.600. The summed E-state index contributed by atoms with van der Waals surface area (Å²) >= 11 is 0. The van der Waals surface area contributed by atoms with Gasteiger partial charge in [-0.1, -0.05) is 32.1 Å². The molecule has 0 atom stereocenters. The Balaban J connectivity index is 2.16. The first-order chi connectivity index (χ1) is 10.1. The van der Waals surface area contributed by atoms with E-state index in [1.165, 1.54) is 32.4 Å². The highest BCUT2D eigenvalue weighted by Crippen LogP contribution is 2.33. The Morgan fingerprint density at radius 3 is 2.43 bits per heavy atom. The van der Waals surface area contributed by atoms with E-state index >= 15 is 0 Å². The van der Waals surface area contributed by atoms with Crippen molar-refractivity contribution in [1.82, 2.24) is 0 Å². The highest BCUT2D eigenvalue weighted by atomic mass is 19.1. The van der Waals surface area contributed by atoms with Crippen molar-refractivity contribution in [3.05, 3.63) is 28.1 Å². The summed E-state index contributed by atoms with van der Waals surface area (Å²) in [7, 11) is 1.35. The van der Waals surface area contributed by atoms with Crippen LogP contribution in [0.1, 0.15) is 44.9 Å². The molecule has 1 saturated carbocycles. The Morgan fingerprint density at radius 1 is 1.24 bits per heavy atom. The van der Waals surface area contributed by atoms with Crippen LogP contribution in [0.2, 0.25) is 0 Å². The van der Waals surface area contributed by atoms with Crippen LogP contribution < -0.4 is 10.1 Å². The Morgan fingerprint density at radius 2 is 1.86 bits per heavy atom. The number of hydrogen-bond donors (Lipinski definition) is 1. The van der Waals surface area contributed by atoms with Crippen molar-refractivity contribution in [3.63, 3.8) is 0 Å². The molecular weight excluding hydrogens is 275 g/mol. The Bertz CT molecular complexity index is 500. The van der Waals surface area contributed by atoms with Gasteiger partial charge in [-0.3, -0.25) is 10.1 Å². The number of nitrogens with one attached hydrogen (secondary N) is 1. The van der Waals surface area contributed by atoms with E-state index in [0.717, 1.165) is 31.7 Å². The number of rotatable bonds is 4. The summed E-state index contributed by atoms with van der Waals surface area (Å²) < 4.78 is 19.0. The first-order valence-corrected chi connectivity index (χ1v) is 7.40. The van der Waals surface area contributed by atoms with Crippen LogP contribution in [0.5, 0.6) is 5.75 Å². The van der Waals surface area contributed by atoms with E-state index in [1.54, 1.807) is 0 Å². The van der Waals surface area contributed by atoms with Crippen molar-refractivity contribution in [1.29, 1.82) is 0 Å². The minimum atomic E-state index is -0.637. The molecule has 0 radical (unpaired) electrons. The number of benzene rings is 1. The third-order valence-electron chi connectivity index (χ3n) is 3.93. The van der Waals surface area contributed by atoms with Gasteiger partial charge < -0.3 is 10.1 Å². The van der Waals surface area contributed by atoms with E-state index < -0.39 is 10.7 Å². The second-order valence-electron chi connectivity index (χ2n) is 5.45. The van der Waals surface area contributed by atoms with E-state index in [9.17, 15) is 14.5 Å². The van der Waals surface area contributed by atoms with Gasteiger partial charge in [0.25, 0.3) is 0 Å². The lowest BCUT2D eigenvalue weighted by atomic mass is 9.96. The molecule has 1 N–H and O–H groups in total. The molecule has 0 heterocycles. The molecule has 1 fully saturated rings. The molecule has 5 nitrogen and oxygen atoms in total. The zero-order valence-electron chi connectivity index (χ0n) is 12.2. The summed E-state index contributed by atoms with van der Waals surface area (Å²) in [6, 6.07) is 2.52. The Labute approximate surface area is 123 Å². The maximum atomic E-state index is 14.0. The molecule has 1 aromatic carbocycles. The predicted molar refractivity (Wildman–Crippen MR) is 79.3 cm³/mol. The van der Waals surface area contributed by atoms with Gasteiger partial charge in [-0.2, -0.15) is 0 Å². The summed E-state index contributed by atoms with van der Waals surface area (Å²) in [5.41, 5.74) is -0.0683. The highest BCUT2D eigenvalue weighted by molar-refractivity contribution is 5.59. The lowest BCUT2D eigenvalue weighted by molar-refractivity contribution is -0.385. The summed E-state index contributed by atoms with van der Waals surface area (Å²) in [5, 5.41) is 14.0. The van der Waals surface area contributed by atoms with Crippen LogP contribution in [-0.2, 0) is 0 Å². The molecule has 6 heteroatoms. The normalized spacial score (nSPS) is 16.9. The monoisotopic (exact) mass is 296 g/mol. The minimum Gasteiger partial charge on any atom is -0.490 e. The number of halogens is 1. The van der Waals surface area contributed by atoms with E-state index in [-0.39, 0.29) is 23.2 Å². The zero-order chi connectivity index (χ0) is 15.2. The van der Waals surface area contributed by atoms with E-state index in [1.807, 2.05) is 0 Å². The van der Waals surface area contributed by atoms with Crippen molar-refractivity contribution in [3.8, 4) is 5.75 Å². The van der Waals surface area contributed by atoms with Crippen molar-refractivity contribution in [2.45, 2.75) is 51.0 Å². The molecule has 0 saturated heterocycles. The van der Waals surface area contributed by atoms with Gasteiger partial charge in [0.05, 0.1) is 23.8 Å². The smallest absolute Gasteiger partial charge is 0.313 e. The van der Waals surface area contributed by atoms with Crippen LogP contribution in [0.25, 0.3) is 0 Å². The average molecular weight is 296 g/mol. The van der Waals surface area contributed by atoms with E-state index in [2.05, 4.69) is 5.32 Å². The fourth-order valence-corrected chi connectivity index (χ4v) is 2.78. The molecule has 1 aliphatic carbocycles. The number of methoxy groups -OCH3 is 1. The molecule has 0 aliphatic heterocycles. The molecule has 21 heavy (non-hydrogen) atoms.